The molecule has 0 saturated heterocycles. The minimum absolute atomic E-state index is 0. The van der Waals surface area contributed by atoms with Gasteiger partial charge < -0.3 is 24.8 Å². The van der Waals surface area contributed by atoms with E-state index in [0.29, 0.717) is 19.0 Å². The number of nitrogens with zero attached hydrogens (tertiary/aromatic N) is 2. The maximum absolute atomic E-state index is 5.39. The van der Waals surface area contributed by atoms with E-state index in [2.05, 4.69) is 20.6 Å². The van der Waals surface area contributed by atoms with Crippen LogP contribution in [0.2, 0.25) is 0 Å². The zero-order valence-electron chi connectivity index (χ0n) is 17.3. The number of hydrogen-bond donors (Lipinski definition) is 2. The van der Waals surface area contributed by atoms with Gasteiger partial charge in [0.25, 0.3) is 0 Å². The monoisotopic (exact) mass is 514 g/mol. The van der Waals surface area contributed by atoms with Crippen LogP contribution >= 0.6 is 24.0 Å². The fraction of sp³-hybridized carbons (Fsp3) is 0.429. The second-order valence-corrected chi connectivity index (χ2v) is 6.02. The number of rotatable bonds is 11. The molecule has 0 fully saturated rings. The summed E-state index contributed by atoms with van der Waals surface area (Å²) in [6, 6.07) is 13.6. The van der Waals surface area contributed by atoms with Crippen molar-refractivity contribution in [3.8, 4) is 11.6 Å². The van der Waals surface area contributed by atoms with Gasteiger partial charge in [-0.3, -0.25) is 0 Å². The Morgan fingerprint density at radius 3 is 2.52 bits per heavy atom. The molecule has 160 valence electrons. The number of nitrogens with one attached hydrogen (secondary N) is 2. The van der Waals surface area contributed by atoms with Crippen LogP contribution in [0.5, 0.6) is 11.6 Å². The fourth-order valence-electron chi connectivity index (χ4n) is 2.44. The van der Waals surface area contributed by atoms with Crippen LogP contribution in [0.3, 0.4) is 0 Å². The van der Waals surface area contributed by atoms with Gasteiger partial charge in [-0.1, -0.05) is 18.2 Å². The lowest BCUT2D eigenvalue weighted by atomic mass is 10.2. The Balaban J connectivity index is 0.00000420. The van der Waals surface area contributed by atoms with Crippen molar-refractivity contribution < 1.29 is 14.2 Å². The molecule has 1 aromatic carbocycles. The predicted molar refractivity (Wildman–Crippen MR) is 126 cm³/mol. The smallest absolute Gasteiger partial charge is 0.213 e. The summed E-state index contributed by atoms with van der Waals surface area (Å²) in [5.41, 5.74) is 1.99. The van der Waals surface area contributed by atoms with Crippen LogP contribution in [0, 0.1) is 0 Å². The Hall–Kier alpha value is -2.07. The molecule has 0 atom stereocenters. The third-order valence-electron chi connectivity index (χ3n) is 3.97. The van der Waals surface area contributed by atoms with E-state index in [9.17, 15) is 0 Å². The second-order valence-electron chi connectivity index (χ2n) is 6.02. The lowest BCUT2D eigenvalue weighted by Gasteiger charge is -2.13. The topological polar surface area (TPSA) is 77.0 Å². The lowest BCUT2D eigenvalue weighted by molar-refractivity contribution is 0.145. The number of aliphatic imine (C=N–C) groups is 1. The Bertz CT molecular complexity index is 726. The Morgan fingerprint density at radius 1 is 1.03 bits per heavy atom. The quantitative estimate of drug-likeness (QED) is 0.207. The zero-order valence-corrected chi connectivity index (χ0v) is 19.6. The van der Waals surface area contributed by atoms with Gasteiger partial charge in [-0.25, -0.2) is 9.98 Å². The molecule has 29 heavy (non-hydrogen) atoms. The van der Waals surface area contributed by atoms with Crippen LogP contribution in [-0.2, 0) is 17.8 Å². The molecule has 0 aliphatic rings. The van der Waals surface area contributed by atoms with Gasteiger partial charge in [-0.2, -0.15) is 0 Å². The van der Waals surface area contributed by atoms with Crippen LogP contribution in [0.1, 0.15) is 24.6 Å². The van der Waals surface area contributed by atoms with E-state index in [1.54, 1.807) is 14.2 Å². The number of ether oxygens (including phenoxy) is 3. The lowest BCUT2D eigenvalue weighted by Crippen LogP contribution is -2.38. The van der Waals surface area contributed by atoms with Crippen molar-refractivity contribution in [3.05, 3.63) is 53.7 Å². The summed E-state index contributed by atoms with van der Waals surface area (Å²) in [6.07, 6.45) is 0.911. The highest BCUT2D eigenvalue weighted by Gasteiger charge is 2.02. The average Bonchev–Trinajstić information content (AvgIpc) is 2.75. The summed E-state index contributed by atoms with van der Waals surface area (Å²) in [5, 5.41) is 6.67. The molecule has 0 aliphatic carbocycles. The number of methoxy groups -OCH3 is 2. The molecule has 0 radical (unpaired) electrons. The fourth-order valence-corrected chi connectivity index (χ4v) is 2.44. The van der Waals surface area contributed by atoms with Crippen molar-refractivity contribution in [2.45, 2.75) is 26.4 Å². The maximum Gasteiger partial charge on any atom is 0.213 e. The number of benzene rings is 1. The standard InChI is InChI=1S/C21H30N4O3.HI/c1-4-28-14-6-13-22-21(23-15-17-9-11-19(26-2)12-10-17)24-16-18-7-5-8-20(25-18)27-3;/h5,7-12H,4,6,13-16H2,1-3H3,(H2,22,23,24);1H. The molecule has 2 rings (SSSR count). The van der Waals surface area contributed by atoms with Crippen molar-refractivity contribution in [3.63, 3.8) is 0 Å². The van der Waals surface area contributed by atoms with E-state index in [-0.39, 0.29) is 24.0 Å². The Kier molecular flexibility index (Phi) is 12.8. The van der Waals surface area contributed by atoms with E-state index >= 15 is 0 Å². The highest BCUT2D eigenvalue weighted by atomic mass is 127. The number of pyridine rings is 1. The van der Waals surface area contributed by atoms with E-state index in [1.165, 1.54) is 0 Å². The van der Waals surface area contributed by atoms with Crippen molar-refractivity contribution >= 4 is 29.9 Å². The van der Waals surface area contributed by atoms with Crippen molar-refractivity contribution in [2.24, 2.45) is 4.99 Å². The Morgan fingerprint density at radius 2 is 1.83 bits per heavy atom. The van der Waals surface area contributed by atoms with Gasteiger partial charge in [0.05, 0.1) is 33.0 Å². The van der Waals surface area contributed by atoms with Gasteiger partial charge >= 0.3 is 0 Å². The van der Waals surface area contributed by atoms with Crippen LogP contribution in [0.4, 0.5) is 0 Å². The minimum Gasteiger partial charge on any atom is -0.497 e. The van der Waals surface area contributed by atoms with Crippen molar-refractivity contribution in [1.82, 2.24) is 15.6 Å². The molecule has 2 N–H and O–H groups in total. The predicted octanol–water partition coefficient (Wildman–Crippen LogP) is 3.38. The third-order valence-corrected chi connectivity index (χ3v) is 3.97. The van der Waals surface area contributed by atoms with Crippen LogP contribution in [0.15, 0.2) is 47.5 Å². The minimum atomic E-state index is 0. The van der Waals surface area contributed by atoms with Gasteiger partial charge in [0.2, 0.25) is 5.88 Å². The summed E-state index contributed by atoms with van der Waals surface area (Å²) in [5.74, 6) is 2.17. The van der Waals surface area contributed by atoms with E-state index in [4.69, 9.17) is 14.2 Å². The summed E-state index contributed by atoms with van der Waals surface area (Å²) >= 11 is 0. The van der Waals surface area contributed by atoms with Gasteiger partial charge in [0.1, 0.15) is 5.75 Å². The highest BCUT2D eigenvalue weighted by Crippen LogP contribution is 2.12. The molecule has 0 amide bonds. The average molecular weight is 514 g/mol. The molecule has 0 aliphatic heterocycles. The molecular formula is C21H31IN4O3. The number of aromatic nitrogens is 1. The molecule has 0 saturated carbocycles. The van der Waals surface area contributed by atoms with Crippen molar-refractivity contribution in [1.29, 1.82) is 0 Å². The molecule has 0 unspecified atom stereocenters. The zero-order chi connectivity index (χ0) is 20.0. The number of halogens is 1. The molecule has 0 bridgehead atoms. The summed E-state index contributed by atoms with van der Waals surface area (Å²) in [4.78, 5) is 9.10. The molecule has 2 aromatic rings. The molecule has 0 spiro atoms. The van der Waals surface area contributed by atoms with E-state index in [1.807, 2.05) is 49.4 Å². The van der Waals surface area contributed by atoms with Crippen molar-refractivity contribution in [2.75, 3.05) is 34.0 Å². The Labute approximate surface area is 190 Å². The summed E-state index contributed by atoms with van der Waals surface area (Å²) in [6.45, 7) is 5.36. The largest absolute Gasteiger partial charge is 0.497 e. The molecule has 8 heteroatoms. The van der Waals surface area contributed by atoms with Gasteiger partial charge in [0.15, 0.2) is 5.96 Å². The van der Waals surface area contributed by atoms with Gasteiger partial charge in [-0.15, -0.1) is 24.0 Å². The first-order chi connectivity index (χ1) is 13.7. The maximum atomic E-state index is 5.39. The van der Waals surface area contributed by atoms with Crippen LogP contribution < -0.4 is 20.1 Å². The highest BCUT2D eigenvalue weighted by molar-refractivity contribution is 14.0. The second kappa shape index (κ2) is 14.9. The third kappa shape index (κ3) is 9.80. The first-order valence-corrected chi connectivity index (χ1v) is 9.48. The van der Waals surface area contributed by atoms with Gasteiger partial charge in [0, 0.05) is 25.8 Å². The molecule has 1 aromatic heterocycles. The molecular weight excluding hydrogens is 483 g/mol. The summed E-state index contributed by atoms with van der Waals surface area (Å²) < 4.78 is 15.8. The van der Waals surface area contributed by atoms with Gasteiger partial charge in [-0.05, 0) is 37.1 Å². The number of guanidine groups is 1. The molecule has 7 nitrogen and oxygen atoms in total. The number of hydrogen-bond acceptors (Lipinski definition) is 5. The normalized spacial score (nSPS) is 10.8. The first-order valence-electron chi connectivity index (χ1n) is 9.48. The molecule has 1 heterocycles. The van der Waals surface area contributed by atoms with E-state index < -0.39 is 0 Å². The van der Waals surface area contributed by atoms with Crippen LogP contribution in [0.25, 0.3) is 0 Å². The summed E-state index contributed by atoms with van der Waals surface area (Å²) in [7, 11) is 3.27. The van der Waals surface area contributed by atoms with Crippen LogP contribution in [-0.4, -0.2) is 44.9 Å². The van der Waals surface area contributed by atoms with E-state index in [0.717, 1.165) is 49.1 Å². The first kappa shape index (κ1) is 25.0. The SMILES string of the molecule is CCOCCCNC(=NCc1ccc(OC)cc1)NCc1cccc(OC)n1.I.